The molecule has 3 unspecified atom stereocenters. The van der Waals surface area contributed by atoms with E-state index in [2.05, 4.69) is 44.4 Å². The number of ether oxygens (including phenoxy) is 2. The van der Waals surface area contributed by atoms with Gasteiger partial charge < -0.3 is 25.8 Å². The molecule has 1 aromatic carbocycles. The van der Waals surface area contributed by atoms with E-state index in [9.17, 15) is 23.6 Å². The highest BCUT2D eigenvalue weighted by Crippen LogP contribution is 2.57. The summed E-state index contributed by atoms with van der Waals surface area (Å²) in [7, 11) is 0. The topological polar surface area (TPSA) is 251 Å². The van der Waals surface area contributed by atoms with Crippen LogP contribution in [-0.4, -0.2) is 65.5 Å². The van der Waals surface area contributed by atoms with Crippen molar-refractivity contribution in [2.45, 2.75) is 50.0 Å². The first-order chi connectivity index (χ1) is 21.3. The van der Waals surface area contributed by atoms with Crippen molar-refractivity contribution in [3.63, 3.8) is 0 Å². The lowest BCUT2D eigenvalue weighted by Crippen LogP contribution is -2.28. The molecule has 45 heavy (non-hydrogen) atoms. The van der Waals surface area contributed by atoms with Crippen molar-refractivity contribution in [1.29, 1.82) is 0 Å². The number of nitrogens with one attached hydrogen (secondary N) is 1. The van der Waals surface area contributed by atoms with Gasteiger partial charge in [-0.15, -0.1) is 0 Å². The van der Waals surface area contributed by atoms with Crippen LogP contribution in [0.25, 0.3) is 22.1 Å². The molecule has 22 heteroatoms. The molecule has 0 radical (unpaired) electrons. The molecule has 0 saturated carbocycles. The average molecular weight is 703 g/mol. The molecule has 2 fully saturated rings. The standard InChI is InChI=1S/C23H28N8O10P2S2/c24-11-1-3-14-13(5-11)22(33)31(9-26-14)18-6-15(16(40-18)8-37-42(34,35)44)41-43(36,45)38-7-12-2-4-17(39-12)30-10-27-19-20(30)28-23(25)29-21(19)32/h1,3,5,9-10,12,15-18H,2,4,6-8,24H2,(H,36,45)(H2,34,35,44)(H3,25,28,29,32)/t12-,15-,16?,17+,18+,43?/m0/s1. The molecule has 0 aliphatic carbocycles. The zero-order chi connectivity index (χ0) is 32.1. The van der Waals surface area contributed by atoms with Gasteiger partial charge in [-0.2, -0.15) is 4.98 Å². The molecule has 6 rings (SSSR count). The number of imidazole rings is 1. The minimum atomic E-state index is -4.22. The lowest BCUT2D eigenvalue weighted by atomic mass is 10.2. The minimum absolute atomic E-state index is 0.0371. The summed E-state index contributed by atoms with van der Waals surface area (Å²) < 4.78 is 56.0. The Kier molecular flexibility index (Phi) is 8.90. The monoisotopic (exact) mass is 702 g/mol. The van der Waals surface area contributed by atoms with E-state index < -0.39 is 62.1 Å². The fraction of sp³-hybridized carbons (Fsp3) is 0.435. The first-order valence-electron chi connectivity index (χ1n) is 13.4. The van der Waals surface area contributed by atoms with Gasteiger partial charge in [0.25, 0.3) is 11.1 Å². The normalized spacial score (nSPS) is 26.3. The summed E-state index contributed by atoms with van der Waals surface area (Å²) in [6.45, 7) is -8.96. The van der Waals surface area contributed by atoms with E-state index in [1.54, 1.807) is 16.7 Å². The van der Waals surface area contributed by atoms with Crippen molar-refractivity contribution in [1.82, 2.24) is 29.1 Å². The van der Waals surface area contributed by atoms with Crippen molar-refractivity contribution < 1.29 is 37.1 Å². The summed E-state index contributed by atoms with van der Waals surface area (Å²) in [4.78, 5) is 49.8. The number of aromatic amines is 1. The van der Waals surface area contributed by atoms with Crippen LogP contribution in [0, 0.1) is 0 Å². The van der Waals surface area contributed by atoms with Crippen LogP contribution in [0.1, 0.15) is 31.7 Å². The van der Waals surface area contributed by atoms with Gasteiger partial charge in [-0.1, -0.05) is 24.5 Å². The fourth-order valence-electron chi connectivity index (χ4n) is 5.21. The predicted octanol–water partition coefficient (Wildman–Crippen LogP) is 2.15. The van der Waals surface area contributed by atoms with E-state index in [0.29, 0.717) is 24.0 Å². The molecule has 0 bridgehead atoms. The van der Waals surface area contributed by atoms with Crippen LogP contribution in [-0.2, 0) is 32.2 Å². The van der Waals surface area contributed by atoms with Crippen LogP contribution >= 0.6 is 38.1 Å². The van der Waals surface area contributed by atoms with Crippen LogP contribution in [0.5, 0.6) is 0 Å². The Morgan fingerprint density at radius 3 is 2.60 bits per heavy atom. The van der Waals surface area contributed by atoms with E-state index >= 15 is 0 Å². The van der Waals surface area contributed by atoms with Gasteiger partial charge in [-0.25, -0.2) is 19.1 Å². The Bertz CT molecular complexity index is 1970. The van der Waals surface area contributed by atoms with E-state index in [1.807, 2.05) is 0 Å². The molecule has 0 spiro atoms. The summed E-state index contributed by atoms with van der Waals surface area (Å²) in [5, 5.41) is 0.251. The maximum Gasteiger partial charge on any atom is 0.386 e. The summed E-state index contributed by atoms with van der Waals surface area (Å²) in [5.41, 5.74) is 11.7. The van der Waals surface area contributed by atoms with Gasteiger partial charge in [0.1, 0.15) is 31.0 Å². The highest BCUT2D eigenvalue weighted by Gasteiger charge is 2.43. The molecule has 18 nitrogen and oxygen atoms in total. The Hall–Kier alpha value is -2.77. The van der Waals surface area contributed by atoms with Gasteiger partial charge in [0.2, 0.25) is 5.95 Å². The van der Waals surface area contributed by atoms with Crippen molar-refractivity contribution in [2.24, 2.45) is 0 Å². The van der Waals surface area contributed by atoms with Crippen LogP contribution in [0.15, 0.2) is 40.4 Å². The molecule has 6 N–H and O–H groups in total. The SMILES string of the molecule is Nc1ccc2ncn([C@H]3C[C@H](OP(=O)(S)OC[C@@H]4CC[C@H](n5cnc6c(=O)[nH]c(N)nc65)O4)C(COP(=O)(O)S)O3)c(=O)c2c1. The van der Waals surface area contributed by atoms with E-state index in [0.717, 1.165) is 0 Å². The molecule has 2 aliphatic rings. The zero-order valence-corrected chi connectivity index (χ0v) is 26.7. The fourth-order valence-corrected chi connectivity index (χ4v) is 7.29. The minimum Gasteiger partial charge on any atom is -0.399 e. The number of hydrogen-bond donors (Lipinski definition) is 6. The Morgan fingerprint density at radius 1 is 1.04 bits per heavy atom. The summed E-state index contributed by atoms with van der Waals surface area (Å²) >= 11 is 7.64. The molecule has 2 saturated heterocycles. The highest BCUT2D eigenvalue weighted by molar-refractivity contribution is 8.44. The first kappa shape index (κ1) is 32.2. The predicted molar refractivity (Wildman–Crippen MR) is 167 cm³/mol. The third-order valence-corrected chi connectivity index (χ3v) is 9.72. The van der Waals surface area contributed by atoms with Crippen molar-refractivity contribution >= 4 is 71.8 Å². The molecule has 7 atom stereocenters. The quantitative estimate of drug-likeness (QED) is 0.0787. The Morgan fingerprint density at radius 2 is 1.82 bits per heavy atom. The largest absolute Gasteiger partial charge is 0.399 e. The summed E-state index contributed by atoms with van der Waals surface area (Å²) in [6.07, 6.45) is -0.478. The van der Waals surface area contributed by atoms with Gasteiger partial charge in [0, 0.05) is 12.1 Å². The number of benzene rings is 1. The number of aromatic nitrogens is 6. The summed E-state index contributed by atoms with van der Waals surface area (Å²) in [6, 6.07) is 4.71. The third-order valence-electron chi connectivity index (χ3n) is 7.24. The van der Waals surface area contributed by atoms with Crippen molar-refractivity contribution in [3.8, 4) is 0 Å². The van der Waals surface area contributed by atoms with Crippen molar-refractivity contribution in [2.75, 3.05) is 24.7 Å². The van der Waals surface area contributed by atoms with Gasteiger partial charge in [-0.05, 0) is 31.0 Å². The average Bonchev–Trinajstić information content (AvgIpc) is 3.69. The Labute approximate surface area is 263 Å². The number of rotatable bonds is 10. The molecule has 4 aromatic rings. The number of thiol groups is 2. The molecule has 5 heterocycles. The molecule has 0 amide bonds. The maximum atomic E-state index is 13.3. The number of hydrogen-bond acceptors (Lipinski definition) is 14. The van der Waals surface area contributed by atoms with Crippen LogP contribution in [0.4, 0.5) is 11.6 Å². The van der Waals surface area contributed by atoms with Gasteiger partial charge in [0.05, 0.1) is 36.5 Å². The number of fused-ring (bicyclic) bond motifs is 2. The van der Waals surface area contributed by atoms with Crippen LogP contribution in [0.3, 0.4) is 0 Å². The van der Waals surface area contributed by atoms with Crippen LogP contribution in [0.2, 0.25) is 0 Å². The van der Waals surface area contributed by atoms with Crippen LogP contribution < -0.4 is 22.6 Å². The maximum absolute atomic E-state index is 13.3. The molecular formula is C23H28N8O10P2S2. The molecule has 242 valence electrons. The van der Waals surface area contributed by atoms with Gasteiger partial charge >= 0.3 is 13.6 Å². The number of anilines is 2. The molecular weight excluding hydrogens is 674 g/mol. The number of H-pyrrole nitrogens is 1. The lowest BCUT2D eigenvalue weighted by molar-refractivity contribution is -0.0411. The highest BCUT2D eigenvalue weighted by atomic mass is 32.7. The zero-order valence-electron chi connectivity index (χ0n) is 23.1. The second-order valence-electron chi connectivity index (χ2n) is 10.4. The second kappa shape index (κ2) is 12.4. The number of nitrogen functional groups attached to an aromatic ring is 2. The van der Waals surface area contributed by atoms with Crippen molar-refractivity contribution in [3.05, 3.63) is 51.6 Å². The van der Waals surface area contributed by atoms with Gasteiger partial charge in [-0.3, -0.25) is 37.3 Å². The number of nitrogens with two attached hydrogens (primary N) is 2. The lowest BCUT2D eigenvalue weighted by Gasteiger charge is -2.23. The third kappa shape index (κ3) is 7.15. The first-order valence-corrected chi connectivity index (χ1v) is 18.8. The summed E-state index contributed by atoms with van der Waals surface area (Å²) in [5.74, 6) is -0.0650. The van der Waals surface area contributed by atoms with Gasteiger partial charge in [0.15, 0.2) is 11.2 Å². The smallest absolute Gasteiger partial charge is 0.386 e. The van der Waals surface area contributed by atoms with E-state index in [1.165, 1.54) is 23.3 Å². The molecule has 2 aliphatic heterocycles. The number of nitrogens with zero attached hydrogens (tertiary/aromatic N) is 5. The van der Waals surface area contributed by atoms with E-state index in [4.69, 9.17) is 34.5 Å². The second-order valence-corrected chi connectivity index (χ2v) is 16.0. The Balaban J connectivity index is 1.13. The van der Waals surface area contributed by atoms with E-state index in [-0.39, 0.29) is 35.5 Å². The molecule has 3 aromatic heterocycles.